The minimum Gasteiger partial charge on any atom is -0.442 e. The van der Waals surface area contributed by atoms with Crippen LogP contribution in [-0.4, -0.2) is 36.9 Å². The maximum Gasteiger partial charge on any atom is 0.414 e. The summed E-state index contributed by atoms with van der Waals surface area (Å²) in [5.74, 6) is -0.392. The molecule has 1 saturated heterocycles. The van der Waals surface area contributed by atoms with Gasteiger partial charge in [-0.2, -0.15) is 0 Å². The predicted molar refractivity (Wildman–Crippen MR) is 91.5 cm³/mol. The van der Waals surface area contributed by atoms with Gasteiger partial charge in [0.25, 0.3) is 6.01 Å². The van der Waals surface area contributed by atoms with Gasteiger partial charge in [-0.05, 0) is 18.6 Å². The number of aromatic nitrogens is 1. The molecule has 1 N–H and O–H groups in total. The normalized spacial score (nSPS) is 22.5. The highest BCUT2D eigenvalue weighted by atomic mass is 19.1. The number of nitrogens with one attached hydrogen (secondary N) is 1. The monoisotopic (exact) mass is 359 g/mol. The van der Waals surface area contributed by atoms with Crippen molar-refractivity contribution in [3.63, 3.8) is 0 Å². The van der Waals surface area contributed by atoms with Crippen molar-refractivity contribution in [1.29, 1.82) is 0 Å². The summed E-state index contributed by atoms with van der Waals surface area (Å²) in [7, 11) is 0. The van der Waals surface area contributed by atoms with Crippen LogP contribution in [0.4, 0.5) is 20.9 Å². The largest absolute Gasteiger partial charge is 0.442 e. The Labute approximate surface area is 149 Å². The lowest BCUT2D eigenvalue weighted by atomic mass is 10.0. The van der Waals surface area contributed by atoms with Gasteiger partial charge in [0.1, 0.15) is 18.2 Å². The van der Waals surface area contributed by atoms with Crippen molar-refractivity contribution in [2.24, 2.45) is 0 Å². The highest BCUT2D eigenvalue weighted by molar-refractivity contribution is 5.89. The average Bonchev–Trinajstić information content (AvgIpc) is 3.30. The summed E-state index contributed by atoms with van der Waals surface area (Å²) >= 11 is 0. The number of ether oxygens (including phenoxy) is 2. The lowest BCUT2D eigenvalue weighted by molar-refractivity contribution is 0.0651. The zero-order valence-electron chi connectivity index (χ0n) is 13.9. The first-order chi connectivity index (χ1) is 12.7. The summed E-state index contributed by atoms with van der Waals surface area (Å²) in [5, 5.41) is 2.94. The van der Waals surface area contributed by atoms with Gasteiger partial charge in [0.15, 0.2) is 0 Å². The molecule has 0 spiro atoms. The smallest absolute Gasteiger partial charge is 0.414 e. The average molecular weight is 359 g/mol. The molecule has 0 bridgehead atoms. The van der Waals surface area contributed by atoms with Gasteiger partial charge in [-0.1, -0.05) is 18.2 Å². The molecule has 2 aliphatic rings. The third-order valence-electron chi connectivity index (χ3n) is 4.34. The molecule has 2 atom stereocenters. The molecule has 0 aliphatic carbocycles. The fourth-order valence-electron chi connectivity index (χ4n) is 3.04. The fourth-order valence-corrected chi connectivity index (χ4v) is 3.04. The van der Waals surface area contributed by atoms with Crippen LogP contribution in [0.3, 0.4) is 0 Å². The van der Waals surface area contributed by atoms with Gasteiger partial charge in [-0.25, -0.2) is 14.2 Å². The van der Waals surface area contributed by atoms with Crippen LogP contribution >= 0.6 is 0 Å². The van der Waals surface area contributed by atoms with E-state index >= 15 is 0 Å². The van der Waals surface area contributed by atoms with E-state index < -0.39 is 11.9 Å². The summed E-state index contributed by atoms with van der Waals surface area (Å²) in [6.07, 6.45) is 6.31. The van der Waals surface area contributed by atoms with Crippen LogP contribution in [0.2, 0.25) is 0 Å². The van der Waals surface area contributed by atoms with Crippen molar-refractivity contribution in [2.45, 2.75) is 18.6 Å². The number of oxazole rings is 1. The molecule has 1 aromatic heterocycles. The molecule has 7 nitrogen and oxygen atoms in total. The second-order valence-electron chi connectivity index (χ2n) is 6.07. The standard InChI is InChI=1S/C18H18FN3O4/c19-15-9-12(4-5-14(15)16-3-1-2-7-24-16)22-11-13(26-18(22)23)10-21-17-20-6-8-25-17/h1-2,4-6,8-9,13,16H,3,7,10-11H2,(H,20,21)/t13-,16?/m0/s1. The van der Waals surface area contributed by atoms with Gasteiger partial charge >= 0.3 is 6.09 Å². The van der Waals surface area contributed by atoms with E-state index in [4.69, 9.17) is 13.9 Å². The Balaban J connectivity index is 1.42. The zero-order chi connectivity index (χ0) is 17.9. The van der Waals surface area contributed by atoms with E-state index in [0.717, 1.165) is 0 Å². The first-order valence-electron chi connectivity index (χ1n) is 8.38. The van der Waals surface area contributed by atoms with Crippen molar-refractivity contribution in [2.75, 3.05) is 29.9 Å². The Kier molecular flexibility index (Phi) is 4.57. The molecular formula is C18H18FN3O4. The Hall–Kier alpha value is -2.87. The molecule has 2 aromatic rings. The topological polar surface area (TPSA) is 76.8 Å². The molecule has 1 amide bonds. The minimum absolute atomic E-state index is 0.294. The zero-order valence-corrected chi connectivity index (χ0v) is 13.9. The van der Waals surface area contributed by atoms with Crippen LogP contribution in [-0.2, 0) is 9.47 Å². The number of hydrogen-bond acceptors (Lipinski definition) is 6. The van der Waals surface area contributed by atoms with Gasteiger partial charge < -0.3 is 19.2 Å². The molecule has 2 aliphatic heterocycles. The Morgan fingerprint density at radius 3 is 3.00 bits per heavy atom. The van der Waals surface area contributed by atoms with E-state index in [1.165, 1.54) is 23.4 Å². The lowest BCUT2D eigenvalue weighted by Gasteiger charge is -2.21. The second-order valence-corrected chi connectivity index (χ2v) is 6.07. The van der Waals surface area contributed by atoms with Crippen LogP contribution in [0.1, 0.15) is 18.1 Å². The van der Waals surface area contributed by atoms with Crippen molar-refractivity contribution in [1.82, 2.24) is 4.98 Å². The molecule has 1 fully saturated rings. The van der Waals surface area contributed by atoms with E-state index in [2.05, 4.69) is 10.3 Å². The molecule has 0 radical (unpaired) electrons. The molecule has 1 aromatic carbocycles. The third kappa shape index (κ3) is 3.41. The summed E-state index contributed by atoms with van der Waals surface area (Å²) in [4.78, 5) is 17.5. The van der Waals surface area contributed by atoms with Crippen molar-refractivity contribution >= 4 is 17.8 Å². The minimum atomic E-state index is -0.506. The maximum absolute atomic E-state index is 14.5. The van der Waals surface area contributed by atoms with Crippen LogP contribution < -0.4 is 10.2 Å². The quantitative estimate of drug-likeness (QED) is 0.826. The molecule has 1 unspecified atom stereocenters. The summed E-state index contributed by atoms with van der Waals surface area (Å²) in [5.41, 5.74) is 0.953. The highest BCUT2D eigenvalue weighted by Gasteiger charge is 2.33. The summed E-state index contributed by atoms with van der Waals surface area (Å²) in [6.45, 7) is 1.14. The number of nitrogens with zero attached hydrogens (tertiary/aromatic N) is 2. The highest BCUT2D eigenvalue weighted by Crippen LogP contribution is 2.30. The number of halogens is 1. The number of cyclic esters (lactones) is 1. The maximum atomic E-state index is 14.5. The van der Waals surface area contributed by atoms with Crippen LogP contribution in [0.5, 0.6) is 0 Å². The number of anilines is 2. The Morgan fingerprint density at radius 1 is 1.35 bits per heavy atom. The van der Waals surface area contributed by atoms with Crippen LogP contribution in [0, 0.1) is 5.82 Å². The summed E-state index contributed by atoms with van der Waals surface area (Å²) < 4.78 is 30.5. The van der Waals surface area contributed by atoms with Gasteiger partial charge in [-0.15, -0.1) is 0 Å². The molecule has 4 rings (SSSR count). The fraction of sp³-hybridized carbons (Fsp3) is 0.333. The molecule has 0 saturated carbocycles. The van der Waals surface area contributed by atoms with Crippen molar-refractivity contribution in [3.8, 4) is 0 Å². The van der Waals surface area contributed by atoms with E-state index in [0.29, 0.717) is 43.4 Å². The first kappa shape index (κ1) is 16.6. The van der Waals surface area contributed by atoms with Gasteiger partial charge in [0.2, 0.25) is 0 Å². The number of carbonyl (C=O) groups is 1. The van der Waals surface area contributed by atoms with Crippen LogP contribution in [0.15, 0.2) is 47.2 Å². The van der Waals surface area contributed by atoms with E-state index in [1.807, 2.05) is 12.2 Å². The predicted octanol–water partition coefficient (Wildman–Crippen LogP) is 3.27. The number of hydrogen-bond donors (Lipinski definition) is 1. The number of carbonyl (C=O) groups excluding carboxylic acids is 1. The van der Waals surface area contributed by atoms with E-state index in [-0.39, 0.29) is 12.2 Å². The number of amides is 1. The van der Waals surface area contributed by atoms with E-state index in [1.54, 1.807) is 12.1 Å². The lowest BCUT2D eigenvalue weighted by Crippen LogP contribution is -2.27. The van der Waals surface area contributed by atoms with Crippen molar-refractivity contribution in [3.05, 3.63) is 54.2 Å². The SMILES string of the molecule is O=C1O[C@@H](CNc2ncco2)CN1c1ccc(C2CC=CCO2)c(F)c1. The summed E-state index contributed by atoms with van der Waals surface area (Å²) in [6, 6.07) is 5.09. The molecule has 8 heteroatoms. The molecule has 136 valence electrons. The van der Waals surface area contributed by atoms with Gasteiger partial charge in [0, 0.05) is 5.56 Å². The van der Waals surface area contributed by atoms with E-state index in [9.17, 15) is 9.18 Å². The van der Waals surface area contributed by atoms with Crippen molar-refractivity contribution < 1.29 is 23.1 Å². The molecule has 26 heavy (non-hydrogen) atoms. The Bertz CT molecular complexity index is 809. The van der Waals surface area contributed by atoms with Gasteiger partial charge in [-0.3, -0.25) is 4.90 Å². The number of benzene rings is 1. The first-order valence-corrected chi connectivity index (χ1v) is 8.38. The number of rotatable bonds is 5. The second kappa shape index (κ2) is 7.17. The van der Waals surface area contributed by atoms with Crippen LogP contribution in [0.25, 0.3) is 0 Å². The third-order valence-corrected chi connectivity index (χ3v) is 4.34. The molecule has 3 heterocycles. The van der Waals surface area contributed by atoms with Gasteiger partial charge in [0.05, 0.1) is 37.7 Å². The Morgan fingerprint density at radius 2 is 2.27 bits per heavy atom. The molecular weight excluding hydrogens is 341 g/mol.